The van der Waals surface area contributed by atoms with Gasteiger partial charge in [-0.15, -0.1) is 0 Å². The van der Waals surface area contributed by atoms with Crippen LogP contribution in [0, 0.1) is 5.92 Å². The fourth-order valence-electron chi connectivity index (χ4n) is 2.76. The van der Waals surface area contributed by atoms with Crippen LogP contribution >= 0.6 is 23.2 Å². The lowest BCUT2D eigenvalue weighted by molar-refractivity contribution is -0.155. The Kier molecular flexibility index (Phi) is 11.0. The molecule has 0 saturated carbocycles. The van der Waals surface area contributed by atoms with E-state index in [1.807, 2.05) is 19.0 Å². The number of esters is 1. The second kappa shape index (κ2) is 12.5. The maximum atomic E-state index is 14.0. The predicted molar refractivity (Wildman–Crippen MR) is 122 cm³/mol. The van der Waals surface area contributed by atoms with Crippen molar-refractivity contribution in [3.05, 3.63) is 29.8 Å². The van der Waals surface area contributed by atoms with E-state index in [4.69, 9.17) is 33.7 Å². The summed E-state index contributed by atoms with van der Waals surface area (Å²) in [5.74, 6) is -4.10. The molecule has 186 valence electrons. The van der Waals surface area contributed by atoms with Gasteiger partial charge in [-0.3, -0.25) is 18.8 Å². The molecule has 2 atom stereocenters. The van der Waals surface area contributed by atoms with E-state index >= 15 is 0 Å². The third-order valence-electron chi connectivity index (χ3n) is 4.66. The third kappa shape index (κ3) is 9.07. The number of carbonyl (C=O) groups is 3. The number of sulfone groups is 1. The summed E-state index contributed by atoms with van der Waals surface area (Å²) in [6.07, 6.45) is -0.993. The van der Waals surface area contributed by atoms with Crippen molar-refractivity contribution >= 4 is 50.8 Å². The summed E-state index contributed by atoms with van der Waals surface area (Å²) in [6, 6.07) is 5.03. The van der Waals surface area contributed by atoms with Gasteiger partial charge in [0.05, 0.1) is 23.9 Å². The number of benzene rings is 1. The largest absolute Gasteiger partial charge is 0.457 e. The average molecular weight is 528 g/mol. The quantitative estimate of drug-likeness (QED) is 0.292. The van der Waals surface area contributed by atoms with E-state index in [-0.39, 0.29) is 29.2 Å². The van der Waals surface area contributed by atoms with E-state index in [9.17, 15) is 27.2 Å². The van der Waals surface area contributed by atoms with E-state index in [1.165, 1.54) is 24.3 Å². The molecule has 1 aromatic rings. The van der Waals surface area contributed by atoms with E-state index < -0.39 is 44.7 Å². The summed E-state index contributed by atoms with van der Waals surface area (Å²) in [7, 11) is 0.158. The number of nitrogens with two attached hydrogens (primary N) is 1. The number of primary amides is 1. The Morgan fingerprint density at radius 1 is 1.18 bits per heavy atom. The number of nitrogens with zero attached hydrogens (tertiary/aromatic N) is 1. The summed E-state index contributed by atoms with van der Waals surface area (Å²) in [5.41, 5.74) is 5.33. The number of nitrogens with one attached hydrogen (secondary N) is 1. The minimum Gasteiger partial charge on any atom is -0.457 e. The van der Waals surface area contributed by atoms with E-state index in [0.29, 0.717) is 13.1 Å². The van der Waals surface area contributed by atoms with Gasteiger partial charge in [-0.05, 0) is 31.8 Å². The molecule has 1 aromatic carbocycles. The van der Waals surface area contributed by atoms with Gasteiger partial charge in [-0.25, -0.2) is 8.42 Å². The van der Waals surface area contributed by atoms with Crippen molar-refractivity contribution in [3.8, 4) is 0 Å². The number of halogens is 3. The average Bonchev–Trinajstić information content (AvgIpc) is 2.71. The van der Waals surface area contributed by atoms with Gasteiger partial charge in [0.2, 0.25) is 10.2 Å². The zero-order chi connectivity index (χ0) is 25.4. The molecule has 0 aliphatic carbocycles. The summed E-state index contributed by atoms with van der Waals surface area (Å²) in [6.45, 7) is -0.285. The fraction of sp³-hybridized carbons (Fsp3) is 0.550. The summed E-state index contributed by atoms with van der Waals surface area (Å²) >= 11 is 12.0. The zero-order valence-electron chi connectivity index (χ0n) is 18.5. The lowest BCUT2D eigenvalue weighted by atomic mass is 9.92. The molecule has 0 aliphatic heterocycles. The van der Waals surface area contributed by atoms with Gasteiger partial charge < -0.3 is 20.7 Å². The number of ether oxygens (including phenoxy) is 1. The van der Waals surface area contributed by atoms with Gasteiger partial charge in [0, 0.05) is 25.8 Å². The topological polar surface area (TPSA) is 136 Å². The van der Waals surface area contributed by atoms with Crippen molar-refractivity contribution in [2.45, 2.75) is 28.2 Å². The van der Waals surface area contributed by atoms with Crippen LogP contribution in [0.2, 0.25) is 0 Å². The maximum Gasteiger partial charge on any atom is 0.306 e. The Balaban J connectivity index is 3.07. The van der Waals surface area contributed by atoms with E-state index in [1.54, 1.807) is 0 Å². The highest BCUT2D eigenvalue weighted by molar-refractivity contribution is 7.90. The fourth-order valence-corrected chi connectivity index (χ4v) is 3.74. The van der Waals surface area contributed by atoms with Crippen LogP contribution in [0.5, 0.6) is 0 Å². The van der Waals surface area contributed by atoms with Crippen LogP contribution in [0.25, 0.3) is 0 Å². The molecule has 0 bridgehead atoms. The maximum absolute atomic E-state index is 14.0. The van der Waals surface area contributed by atoms with Crippen LogP contribution in [0.4, 0.5) is 4.39 Å². The standard InChI is InChI=1S/C20H28Cl2FN3O6S/c1-26(2)11-10-25-16(27)8-9-17(28)32-18(15(12-23)20(21,22)19(24)29)13-4-6-14(7-5-13)33(3,30)31/h4-7,15,18H,8-12H2,1-3H3,(H2,24,29)(H,25,27). The summed E-state index contributed by atoms with van der Waals surface area (Å²) in [4.78, 5) is 37.9. The number of hydrogen-bond donors (Lipinski definition) is 2. The van der Waals surface area contributed by atoms with Gasteiger partial charge in [-0.1, -0.05) is 35.3 Å². The molecule has 0 heterocycles. The molecule has 13 heteroatoms. The van der Waals surface area contributed by atoms with Crippen LogP contribution in [-0.2, 0) is 29.0 Å². The number of likely N-dealkylation sites (N-methyl/N-ethyl adjacent to an activating group) is 1. The van der Waals surface area contributed by atoms with Crippen LogP contribution < -0.4 is 11.1 Å². The summed E-state index contributed by atoms with van der Waals surface area (Å²) in [5, 5.41) is 2.64. The first-order chi connectivity index (χ1) is 15.2. The van der Waals surface area contributed by atoms with Crippen molar-refractivity contribution in [1.82, 2.24) is 10.2 Å². The lowest BCUT2D eigenvalue weighted by Gasteiger charge is -2.32. The van der Waals surface area contributed by atoms with Crippen molar-refractivity contribution in [3.63, 3.8) is 0 Å². The van der Waals surface area contributed by atoms with Crippen LogP contribution in [-0.4, -0.2) is 75.5 Å². The molecule has 9 nitrogen and oxygen atoms in total. The Hall–Kier alpha value is -1.95. The molecule has 33 heavy (non-hydrogen) atoms. The highest BCUT2D eigenvalue weighted by Gasteiger charge is 2.47. The number of amides is 2. The number of rotatable bonds is 13. The van der Waals surface area contributed by atoms with Crippen molar-refractivity contribution in [2.24, 2.45) is 11.7 Å². The molecule has 0 aromatic heterocycles. The minimum absolute atomic E-state index is 0.0274. The van der Waals surface area contributed by atoms with Crippen molar-refractivity contribution in [2.75, 3.05) is 40.1 Å². The van der Waals surface area contributed by atoms with Crippen molar-refractivity contribution in [1.29, 1.82) is 0 Å². The molecule has 2 unspecified atom stereocenters. The minimum atomic E-state index is -3.52. The molecule has 0 aliphatic rings. The predicted octanol–water partition coefficient (Wildman–Crippen LogP) is 1.38. The third-order valence-corrected chi connectivity index (χ3v) is 6.72. The summed E-state index contributed by atoms with van der Waals surface area (Å²) < 4.78 is 40.3. The molecule has 0 saturated heterocycles. The monoisotopic (exact) mass is 527 g/mol. The SMILES string of the molecule is CN(C)CCNC(=O)CCC(=O)OC(c1ccc(S(C)(=O)=O)cc1)C(CF)C(Cl)(Cl)C(N)=O. The van der Waals surface area contributed by atoms with Gasteiger partial charge >= 0.3 is 5.97 Å². The Morgan fingerprint density at radius 2 is 1.76 bits per heavy atom. The number of alkyl halides is 3. The molecule has 0 radical (unpaired) electrons. The second-order valence-electron chi connectivity index (χ2n) is 7.65. The molecule has 0 fully saturated rings. The van der Waals surface area contributed by atoms with Gasteiger partial charge in [0.1, 0.15) is 6.10 Å². The highest BCUT2D eigenvalue weighted by atomic mass is 35.5. The van der Waals surface area contributed by atoms with Gasteiger partial charge in [0.15, 0.2) is 9.84 Å². The molecule has 3 N–H and O–H groups in total. The molecule has 2 amide bonds. The second-order valence-corrected chi connectivity index (χ2v) is 11.1. The lowest BCUT2D eigenvalue weighted by Crippen LogP contribution is -2.45. The Labute approximate surface area is 202 Å². The van der Waals surface area contributed by atoms with E-state index in [2.05, 4.69) is 5.32 Å². The van der Waals surface area contributed by atoms with Crippen molar-refractivity contribution < 1.29 is 31.9 Å². The molecular weight excluding hydrogens is 500 g/mol. The zero-order valence-corrected chi connectivity index (χ0v) is 20.8. The number of hydrogen-bond acceptors (Lipinski definition) is 7. The Bertz CT molecular complexity index is 942. The number of carbonyl (C=O) groups excluding carboxylic acids is 3. The van der Waals surface area contributed by atoms with Gasteiger partial charge in [0.25, 0.3) is 5.91 Å². The molecule has 1 rings (SSSR count). The van der Waals surface area contributed by atoms with Crippen LogP contribution in [0.3, 0.4) is 0 Å². The first-order valence-corrected chi connectivity index (χ1v) is 12.5. The van der Waals surface area contributed by atoms with E-state index in [0.717, 1.165) is 6.26 Å². The first kappa shape index (κ1) is 29.1. The molecule has 0 spiro atoms. The molecular formula is C20H28Cl2FN3O6S. The Morgan fingerprint density at radius 3 is 2.21 bits per heavy atom. The van der Waals surface area contributed by atoms with Crippen LogP contribution in [0.1, 0.15) is 24.5 Å². The first-order valence-electron chi connectivity index (χ1n) is 9.84. The normalized spacial score (nSPS) is 13.9. The van der Waals surface area contributed by atoms with Gasteiger partial charge in [-0.2, -0.15) is 0 Å². The highest BCUT2D eigenvalue weighted by Crippen LogP contribution is 2.41. The van der Waals surface area contributed by atoms with Crippen LogP contribution in [0.15, 0.2) is 29.2 Å². The smallest absolute Gasteiger partial charge is 0.306 e.